The van der Waals surface area contributed by atoms with Gasteiger partial charge in [0.2, 0.25) is 5.91 Å². The number of nitrogens with zero attached hydrogens (tertiary/aromatic N) is 4. The lowest BCUT2D eigenvalue weighted by molar-refractivity contribution is -0.123. The van der Waals surface area contributed by atoms with Gasteiger partial charge < -0.3 is 10.1 Å². The van der Waals surface area contributed by atoms with Crippen LogP contribution in [0.2, 0.25) is 5.02 Å². The van der Waals surface area contributed by atoms with E-state index < -0.39 is 6.61 Å². The average Bonchev–Trinajstić information content (AvgIpc) is 3.45. The van der Waals surface area contributed by atoms with Crippen LogP contribution < -0.4 is 10.1 Å². The Morgan fingerprint density at radius 2 is 2.18 bits per heavy atom. The molecular formula is C21H20ClF2N5O3S. The molecule has 2 amide bonds. The van der Waals surface area contributed by atoms with Crippen LogP contribution in [-0.4, -0.2) is 50.1 Å². The summed E-state index contributed by atoms with van der Waals surface area (Å²) in [6.45, 7) is -1.14. The maximum atomic E-state index is 12.9. The van der Waals surface area contributed by atoms with Crippen LogP contribution in [0.5, 0.6) is 5.75 Å². The molecule has 2 heterocycles. The summed E-state index contributed by atoms with van der Waals surface area (Å²) in [6.07, 6.45) is 5.30. The van der Waals surface area contributed by atoms with Crippen LogP contribution in [0.25, 0.3) is 6.08 Å². The number of hydrogen-bond donors (Lipinski definition) is 1. The Balaban J connectivity index is 1.43. The summed E-state index contributed by atoms with van der Waals surface area (Å²) < 4.78 is 30.7. The summed E-state index contributed by atoms with van der Waals surface area (Å²) in [5, 5.41) is 7.35. The Kier molecular flexibility index (Phi) is 6.71. The number of thioether (sulfide) groups is 1. The van der Waals surface area contributed by atoms with Crippen LogP contribution in [0.1, 0.15) is 24.1 Å². The lowest BCUT2D eigenvalue weighted by atomic mass is 10.2. The van der Waals surface area contributed by atoms with E-state index in [4.69, 9.17) is 11.6 Å². The molecule has 1 aromatic carbocycles. The highest BCUT2D eigenvalue weighted by Crippen LogP contribution is 2.35. The summed E-state index contributed by atoms with van der Waals surface area (Å²) in [5.74, 6) is -0.724. The lowest BCUT2D eigenvalue weighted by Gasteiger charge is -2.16. The number of amides is 2. The third-order valence-corrected chi connectivity index (χ3v) is 6.13. The third-order valence-electron chi connectivity index (χ3n) is 4.88. The van der Waals surface area contributed by atoms with Crippen molar-refractivity contribution in [3.05, 3.63) is 46.4 Å². The third kappa shape index (κ3) is 5.53. The molecule has 1 fully saturated rings. The number of carbonyl (C=O) groups excluding carboxylic acids is 2. The number of ether oxygens (including phenoxy) is 1. The number of benzene rings is 1. The second kappa shape index (κ2) is 9.52. The van der Waals surface area contributed by atoms with Crippen molar-refractivity contribution in [2.24, 2.45) is 12.0 Å². The van der Waals surface area contributed by atoms with Gasteiger partial charge in [-0.3, -0.25) is 19.2 Å². The summed E-state index contributed by atoms with van der Waals surface area (Å²) in [4.78, 5) is 31.5. The molecule has 8 nitrogen and oxygen atoms in total. The van der Waals surface area contributed by atoms with E-state index in [1.165, 1.54) is 18.2 Å². The molecular weight excluding hydrogens is 476 g/mol. The van der Waals surface area contributed by atoms with Crippen molar-refractivity contribution in [3.63, 3.8) is 0 Å². The molecule has 1 N–H and O–H groups in total. The minimum Gasteiger partial charge on any atom is -0.433 e. The molecule has 174 valence electrons. The Labute approximate surface area is 197 Å². The predicted molar refractivity (Wildman–Crippen MR) is 122 cm³/mol. The van der Waals surface area contributed by atoms with E-state index in [1.54, 1.807) is 22.7 Å². The smallest absolute Gasteiger partial charge is 0.387 e. The van der Waals surface area contributed by atoms with E-state index in [0.717, 1.165) is 35.9 Å². The van der Waals surface area contributed by atoms with Crippen molar-refractivity contribution in [2.75, 3.05) is 11.1 Å². The molecule has 1 aromatic heterocycles. The topological polar surface area (TPSA) is 88.8 Å². The first-order valence-corrected chi connectivity index (χ1v) is 11.4. The number of aryl methyl sites for hydroxylation is 2. The number of hydrogen-bond acceptors (Lipinski definition) is 6. The first kappa shape index (κ1) is 23.2. The highest BCUT2D eigenvalue weighted by molar-refractivity contribution is 8.14. The van der Waals surface area contributed by atoms with E-state index in [-0.39, 0.29) is 34.4 Å². The fraction of sp³-hybridized carbons (Fsp3) is 0.333. The molecule has 1 aliphatic heterocycles. The van der Waals surface area contributed by atoms with Crippen LogP contribution in [-0.2, 0) is 16.6 Å². The van der Waals surface area contributed by atoms with Crippen LogP contribution >= 0.6 is 23.4 Å². The van der Waals surface area contributed by atoms with Crippen LogP contribution in [0.4, 0.5) is 14.5 Å². The lowest BCUT2D eigenvalue weighted by Crippen LogP contribution is -2.33. The van der Waals surface area contributed by atoms with Gasteiger partial charge in [0.25, 0.3) is 5.91 Å². The number of amidine groups is 1. The number of rotatable bonds is 7. The summed E-state index contributed by atoms with van der Waals surface area (Å²) in [6, 6.07) is 4.08. The maximum absolute atomic E-state index is 12.9. The van der Waals surface area contributed by atoms with Gasteiger partial charge >= 0.3 is 6.61 Å². The van der Waals surface area contributed by atoms with Crippen molar-refractivity contribution >= 4 is 52.1 Å². The molecule has 0 atom stereocenters. The van der Waals surface area contributed by atoms with Crippen molar-refractivity contribution in [1.29, 1.82) is 0 Å². The molecule has 4 rings (SSSR count). The number of alkyl halides is 2. The molecule has 33 heavy (non-hydrogen) atoms. The number of aromatic nitrogens is 2. The average molecular weight is 496 g/mol. The highest BCUT2D eigenvalue weighted by atomic mass is 35.5. The van der Waals surface area contributed by atoms with Gasteiger partial charge in [-0.05, 0) is 44.0 Å². The molecule has 2 aliphatic rings. The summed E-state index contributed by atoms with van der Waals surface area (Å²) in [5.41, 5.74) is 2.24. The van der Waals surface area contributed by atoms with Crippen molar-refractivity contribution in [3.8, 4) is 5.75 Å². The Morgan fingerprint density at radius 1 is 1.42 bits per heavy atom. The Bertz CT molecular complexity index is 1160. The monoisotopic (exact) mass is 495 g/mol. The van der Waals surface area contributed by atoms with Crippen molar-refractivity contribution in [2.45, 2.75) is 32.4 Å². The zero-order valence-electron chi connectivity index (χ0n) is 17.7. The van der Waals surface area contributed by atoms with Crippen LogP contribution in [0, 0.1) is 6.92 Å². The van der Waals surface area contributed by atoms with Gasteiger partial charge in [-0.2, -0.15) is 13.9 Å². The number of nitrogens with one attached hydrogen (secondary N) is 1. The Hall–Kier alpha value is -2.92. The fourth-order valence-corrected chi connectivity index (χ4v) is 4.36. The molecule has 0 unspecified atom stereocenters. The van der Waals surface area contributed by atoms with E-state index in [9.17, 15) is 18.4 Å². The van der Waals surface area contributed by atoms with Gasteiger partial charge in [0.15, 0.2) is 5.17 Å². The van der Waals surface area contributed by atoms with Gasteiger partial charge in [-0.1, -0.05) is 23.4 Å². The standard InChI is InChI=1S/C21H20ClF2N5O3S/c1-11-12(9-28(2)27-11)7-16-19(31)29(14-4-5-14)21(26-16)33-10-18(30)25-13-3-6-17(15(22)8-13)32-20(23)24/h3,6-9,14,20H,4-5,10H2,1-2H3,(H,25,30). The Morgan fingerprint density at radius 3 is 2.79 bits per heavy atom. The molecule has 0 spiro atoms. The second-order valence-electron chi connectivity index (χ2n) is 7.53. The molecule has 1 saturated carbocycles. The summed E-state index contributed by atoms with van der Waals surface area (Å²) in [7, 11) is 1.80. The highest BCUT2D eigenvalue weighted by Gasteiger charge is 2.41. The van der Waals surface area contributed by atoms with Gasteiger partial charge in [0, 0.05) is 30.5 Å². The summed E-state index contributed by atoms with van der Waals surface area (Å²) >= 11 is 7.07. The van der Waals surface area contributed by atoms with Gasteiger partial charge in [-0.25, -0.2) is 4.99 Å². The molecule has 1 aliphatic carbocycles. The van der Waals surface area contributed by atoms with Crippen molar-refractivity contribution in [1.82, 2.24) is 14.7 Å². The second-order valence-corrected chi connectivity index (χ2v) is 8.88. The molecule has 0 saturated heterocycles. The van der Waals surface area contributed by atoms with E-state index in [2.05, 4.69) is 20.1 Å². The molecule has 0 radical (unpaired) electrons. The number of aliphatic imine (C=N–C) groups is 1. The quantitative estimate of drug-likeness (QED) is 0.585. The van der Waals surface area contributed by atoms with Gasteiger partial charge in [0.05, 0.1) is 16.5 Å². The van der Waals surface area contributed by atoms with Gasteiger partial charge in [0.1, 0.15) is 11.4 Å². The first-order chi connectivity index (χ1) is 15.7. The molecule has 12 heteroatoms. The zero-order chi connectivity index (χ0) is 23.7. The minimum atomic E-state index is -3.00. The largest absolute Gasteiger partial charge is 0.433 e. The first-order valence-electron chi connectivity index (χ1n) is 10.0. The van der Waals surface area contributed by atoms with E-state index >= 15 is 0 Å². The SMILES string of the molecule is Cc1nn(C)cc1C=C1N=C(SCC(=O)Nc2ccc(OC(F)F)c(Cl)c2)N(C2CC2)C1=O. The zero-order valence-corrected chi connectivity index (χ0v) is 19.3. The van der Waals surface area contributed by atoms with E-state index in [1.807, 2.05) is 13.1 Å². The van der Waals surface area contributed by atoms with Crippen LogP contribution in [0.3, 0.4) is 0 Å². The number of carbonyl (C=O) groups is 2. The van der Waals surface area contributed by atoms with Crippen LogP contribution in [0.15, 0.2) is 35.1 Å². The number of anilines is 1. The normalized spacial score (nSPS) is 17.2. The van der Waals surface area contributed by atoms with E-state index in [0.29, 0.717) is 16.6 Å². The molecule has 0 bridgehead atoms. The minimum absolute atomic E-state index is 0.00143. The van der Waals surface area contributed by atoms with Gasteiger partial charge in [-0.15, -0.1) is 0 Å². The number of halogens is 3. The molecule has 2 aromatic rings. The maximum Gasteiger partial charge on any atom is 0.387 e. The van der Waals surface area contributed by atoms with Crippen molar-refractivity contribution < 1.29 is 23.1 Å². The predicted octanol–water partition coefficient (Wildman–Crippen LogP) is 4.06. The fourth-order valence-electron chi connectivity index (χ4n) is 3.27.